The van der Waals surface area contributed by atoms with Gasteiger partial charge in [-0.1, -0.05) is 18.2 Å². The Labute approximate surface area is 165 Å². The van der Waals surface area contributed by atoms with Crippen LogP contribution in [0.15, 0.2) is 59.5 Å². The highest BCUT2D eigenvalue weighted by atomic mass is 32.2. The first kappa shape index (κ1) is 20.1. The van der Waals surface area contributed by atoms with Crippen molar-refractivity contribution >= 4 is 27.4 Å². The average Bonchev–Trinajstić information content (AvgIpc) is 2.72. The van der Waals surface area contributed by atoms with Gasteiger partial charge in [0.05, 0.1) is 22.8 Å². The number of rotatable bonds is 7. The quantitative estimate of drug-likeness (QED) is 0.526. The minimum Gasteiger partial charge on any atom is -0.462 e. The molecule has 6 nitrogen and oxygen atoms in total. The fourth-order valence-corrected chi connectivity index (χ4v) is 4.40. The molecular weight excluding hydrogens is 378 g/mol. The van der Waals surface area contributed by atoms with Gasteiger partial charge in [-0.3, -0.25) is 4.79 Å². The minimum absolute atomic E-state index is 0.0251. The van der Waals surface area contributed by atoms with Crippen LogP contribution in [0, 0.1) is 0 Å². The van der Waals surface area contributed by atoms with Gasteiger partial charge >= 0.3 is 5.97 Å². The average molecular weight is 401 g/mol. The summed E-state index contributed by atoms with van der Waals surface area (Å²) in [5, 5.41) is 0. The maximum atomic E-state index is 12.2. The molecule has 0 bridgehead atoms. The van der Waals surface area contributed by atoms with Crippen LogP contribution in [-0.4, -0.2) is 39.2 Å². The molecule has 0 atom stereocenters. The molecule has 1 aliphatic rings. The van der Waals surface area contributed by atoms with E-state index in [1.165, 1.54) is 0 Å². The number of carbonyl (C=O) groups excluding carboxylic acids is 2. The largest absolute Gasteiger partial charge is 0.462 e. The molecule has 1 amide bonds. The lowest BCUT2D eigenvalue weighted by molar-refractivity contribution is -0.119. The summed E-state index contributed by atoms with van der Waals surface area (Å²) in [5.74, 6) is -0.491. The van der Waals surface area contributed by atoms with Crippen molar-refractivity contribution in [3.05, 3.63) is 60.2 Å². The SMILES string of the molecule is O=C(OCCCS(=O)(=O)c1ccccc1)c1ccc(N2CCCCC2=O)cc1. The van der Waals surface area contributed by atoms with E-state index >= 15 is 0 Å². The number of benzene rings is 2. The zero-order valence-corrected chi connectivity index (χ0v) is 16.4. The van der Waals surface area contributed by atoms with Crippen LogP contribution in [0.5, 0.6) is 0 Å². The third kappa shape index (κ3) is 4.98. The number of ether oxygens (including phenoxy) is 1. The number of anilines is 1. The third-order valence-electron chi connectivity index (χ3n) is 4.63. The Morgan fingerprint density at radius 3 is 2.39 bits per heavy atom. The summed E-state index contributed by atoms with van der Waals surface area (Å²) >= 11 is 0. The van der Waals surface area contributed by atoms with Gasteiger partial charge in [0.25, 0.3) is 0 Å². The summed E-state index contributed by atoms with van der Waals surface area (Å²) in [7, 11) is -3.37. The van der Waals surface area contributed by atoms with Crippen molar-refractivity contribution in [2.24, 2.45) is 0 Å². The molecule has 28 heavy (non-hydrogen) atoms. The van der Waals surface area contributed by atoms with Gasteiger partial charge in [-0.15, -0.1) is 0 Å². The molecule has 1 heterocycles. The second-order valence-corrected chi connectivity index (χ2v) is 8.78. The molecule has 7 heteroatoms. The van der Waals surface area contributed by atoms with E-state index in [-0.39, 0.29) is 29.6 Å². The molecule has 3 rings (SSSR count). The Morgan fingerprint density at radius 1 is 1.00 bits per heavy atom. The number of hydrogen-bond donors (Lipinski definition) is 0. The molecule has 0 saturated carbocycles. The predicted octanol–water partition coefficient (Wildman–Crippen LogP) is 3.22. The van der Waals surface area contributed by atoms with Crippen molar-refractivity contribution in [3.63, 3.8) is 0 Å². The molecule has 0 aliphatic carbocycles. The molecule has 0 N–H and O–H groups in total. The van der Waals surface area contributed by atoms with Gasteiger partial charge in [0, 0.05) is 18.7 Å². The number of piperidine rings is 1. The lowest BCUT2D eigenvalue weighted by Crippen LogP contribution is -2.35. The van der Waals surface area contributed by atoms with E-state index in [0.29, 0.717) is 18.5 Å². The van der Waals surface area contributed by atoms with Gasteiger partial charge in [0.2, 0.25) is 5.91 Å². The summed E-state index contributed by atoms with van der Waals surface area (Å²) in [6.45, 7) is 0.718. The Morgan fingerprint density at radius 2 is 1.71 bits per heavy atom. The lowest BCUT2D eigenvalue weighted by Gasteiger charge is -2.26. The molecule has 0 unspecified atom stereocenters. The van der Waals surface area contributed by atoms with Crippen LogP contribution >= 0.6 is 0 Å². The first-order chi connectivity index (χ1) is 13.5. The van der Waals surface area contributed by atoms with Crippen molar-refractivity contribution in [2.45, 2.75) is 30.6 Å². The predicted molar refractivity (Wildman–Crippen MR) is 106 cm³/mol. The first-order valence-corrected chi connectivity index (χ1v) is 11.0. The van der Waals surface area contributed by atoms with Gasteiger partial charge in [0.15, 0.2) is 9.84 Å². The second kappa shape index (κ2) is 9.01. The fraction of sp³-hybridized carbons (Fsp3) is 0.333. The molecule has 2 aromatic carbocycles. The van der Waals surface area contributed by atoms with Crippen molar-refractivity contribution in [2.75, 3.05) is 23.8 Å². The maximum Gasteiger partial charge on any atom is 0.338 e. The van der Waals surface area contributed by atoms with Gasteiger partial charge in [-0.2, -0.15) is 0 Å². The summed E-state index contributed by atoms with van der Waals surface area (Å²) < 4.78 is 29.6. The Balaban J connectivity index is 1.49. The summed E-state index contributed by atoms with van der Waals surface area (Å²) in [5.41, 5.74) is 1.15. The molecule has 0 aromatic heterocycles. The van der Waals surface area contributed by atoms with Crippen LogP contribution < -0.4 is 4.90 Å². The van der Waals surface area contributed by atoms with Crippen molar-refractivity contribution in [1.82, 2.24) is 0 Å². The Bertz CT molecular complexity index is 923. The van der Waals surface area contributed by atoms with Crippen molar-refractivity contribution in [1.29, 1.82) is 0 Å². The number of amides is 1. The maximum absolute atomic E-state index is 12.2. The zero-order chi connectivity index (χ0) is 20.0. The lowest BCUT2D eigenvalue weighted by atomic mass is 10.1. The van der Waals surface area contributed by atoms with E-state index in [2.05, 4.69) is 0 Å². The van der Waals surface area contributed by atoms with E-state index in [4.69, 9.17) is 4.74 Å². The van der Waals surface area contributed by atoms with Crippen LogP contribution in [0.1, 0.15) is 36.0 Å². The standard InChI is InChI=1S/C21H23NO5S/c23-20-9-4-5-14-22(20)18-12-10-17(11-13-18)21(24)27-15-6-16-28(25,26)19-7-2-1-3-8-19/h1-3,7-8,10-13H,4-6,9,14-16H2. The summed E-state index contributed by atoms with van der Waals surface area (Å²) in [4.78, 5) is 26.1. The van der Waals surface area contributed by atoms with Gasteiger partial charge in [-0.25, -0.2) is 13.2 Å². The molecule has 0 radical (unpaired) electrons. The molecule has 1 fully saturated rings. The molecule has 2 aromatic rings. The van der Waals surface area contributed by atoms with E-state index in [0.717, 1.165) is 18.5 Å². The van der Waals surface area contributed by atoms with Crippen LogP contribution in [0.4, 0.5) is 5.69 Å². The molecule has 1 aliphatic heterocycles. The third-order valence-corrected chi connectivity index (χ3v) is 6.45. The first-order valence-electron chi connectivity index (χ1n) is 9.33. The van der Waals surface area contributed by atoms with E-state index in [9.17, 15) is 18.0 Å². The van der Waals surface area contributed by atoms with Gasteiger partial charge in [0.1, 0.15) is 0 Å². The fourth-order valence-electron chi connectivity index (χ4n) is 3.10. The topological polar surface area (TPSA) is 80.8 Å². The number of hydrogen-bond acceptors (Lipinski definition) is 5. The molecular formula is C21H23NO5S. The van der Waals surface area contributed by atoms with E-state index in [1.54, 1.807) is 59.5 Å². The monoisotopic (exact) mass is 401 g/mol. The highest BCUT2D eigenvalue weighted by Crippen LogP contribution is 2.21. The molecule has 1 saturated heterocycles. The molecule has 148 valence electrons. The minimum atomic E-state index is -3.37. The van der Waals surface area contributed by atoms with Crippen LogP contribution in [-0.2, 0) is 19.4 Å². The zero-order valence-electron chi connectivity index (χ0n) is 15.5. The Kier molecular flexibility index (Phi) is 6.46. The van der Waals surface area contributed by atoms with E-state index in [1.807, 2.05) is 0 Å². The Hall–Kier alpha value is -2.67. The number of esters is 1. The highest BCUT2D eigenvalue weighted by Gasteiger charge is 2.20. The highest BCUT2D eigenvalue weighted by molar-refractivity contribution is 7.91. The number of carbonyl (C=O) groups is 2. The van der Waals surface area contributed by atoms with Crippen molar-refractivity contribution < 1.29 is 22.7 Å². The second-order valence-electron chi connectivity index (χ2n) is 6.67. The van der Waals surface area contributed by atoms with Gasteiger partial charge < -0.3 is 9.64 Å². The summed E-state index contributed by atoms with van der Waals surface area (Å²) in [6, 6.07) is 14.9. The number of nitrogens with zero attached hydrogens (tertiary/aromatic N) is 1. The smallest absolute Gasteiger partial charge is 0.338 e. The summed E-state index contributed by atoms with van der Waals surface area (Å²) in [6.07, 6.45) is 2.67. The normalized spacial score (nSPS) is 14.7. The van der Waals surface area contributed by atoms with Crippen LogP contribution in [0.25, 0.3) is 0 Å². The van der Waals surface area contributed by atoms with Crippen LogP contribution in [0.3, 0.4) is 0 Å². The van der Waals surface area contributed by atoms with Crippen molar-refractivity contribution in [3.8, 4) is 0 Å². The molecule has 0 spiro atoms. The van der Waals surface area contributed by atoms with Crippen LogP contribution in [0.2, 0.25) is 0 Å². The number of sulfone groups is 1. The van der Waals surface area contributed by atoms with E-state index < -0.39 is 15.8 Å². The van der Waals surface area contributed by atoms with Gasteiger partial charge in [-0.05, 0) is 55.7 Å².